The lowest BCUT2D eigenvalue weighted by Gasteiger charge is -2.44. The van der Waals surface area contributed by atoms with E-state index in [4.69, 9.17) is 5.73 Å². The summed E-state index contributed by atoms with van der Waals surface area (Å²) in [6.07, 6.45) is 3.99. The van der Waals surface area contributed by atoms with Crippen LogP contribution in [0.25, 0.3) is 0 Å². The summed E-state index contributed by atoms with van der Waals surface area (Å²) in [6, 6.07) is 5.96. The topological polar surface area (TPSA) is 66.5 Å². The molecule has 0 aromatic carbocycles. The van der Waals surface area contributed by atoms with Gasteiger partial charge >= 0.3 is 0 Å². The van der Waals surface area contributed by atoms with Crippen molar-refractivity contribution in [1.29, 1.82) is 0 Å². The summed E-state index contributed by atoms with van der Waals surface area (Å²) in [5.41, 5.74) is 7.13. The van der Waals surface area contributed by atoms with Crippen LogP contribution >= 0.6 is 24.0 Å². The molecule has 25 heavy (non-hydrogen) atoms. The maximum Gasteiger partial charge on any atom is 0.188 e. The van der Waals surface area contributed by atoms with Gasteiger partial charge < -0.3 is 11.1 Å². The van der Waals surface area contributed by atoms with Gasteiger partial charge in [0.25, 0.3) is 0 Å². The van der Waals surface area contributed by atoms with Gasteiger partial charge in [0, 0.05) is 43.5 Å². The molecular formula is C19H34IN5. The molecule has 2 atom stereocenters. The minimum Gasteiger partial charge on any atom is -0.370 e. The highest BCUT2D eigenvalue weighted by molar-refractivity contribution is 14.0. The summed E-state index contributed by atoms with van der Waals surface area (Å²) in [6.45, 7) is 13.0. The van der Waals surface area contributed by atoms with Crippen molar-refractivity contribution in [2.24, 2.45) is 22.6 Å². The van der Waals surface area contributed by atoms with Gasteiger partial charge in [-0.2, -0.15) is 0 Å². The average Bonchev–Trinajstić information content (AvgIpc) is 2.53. The molecule has 1 aliphatic heterocycles. The summed E-state index contributed by atoms with van der Waals surface area (Å²) >= 11 is 0. The van der Waals surface area contributed by atoms with Crippen LogP contribution in [0.15, 0.2) is 29.4 Å². The van der Waals surface area contributed by atoms with Crippen molar-refractivity contribution < 1.29 is 0 Å². The second-order valence-electron chi connectivity index (χ2n) is 7.86. The van der Waals surface area contributed by atoms with E-state index in [0.29, 0.717) is 5.96 Å². The molecule has 1 aliphatic rings. The van der Waals surface area contributed by atoms with Crippen LogP contribution in [0.5, 0.6) is 0 Å². The van der Waals surface area contributed by atoms with Crippen molar-refractivity contribution in [3.63, 3.8) is 0 Å². The van der Waals surface area contributed by atoms with Crippen molar-refractivity contribution in [3.05, 3.63) is 30.1 Å². The first kappa shape index (κ1) is 22.2. The van der Waals surface area contributed by atoms with Crippen LogP contribution in [0.4, 0.5) is 0 Å². The number of halogens is 1. The SMILES string of the molecule is CC1CC(C)CN(C(C)(C)CN=C(N)NCCc2ccccn2)C1.I. The zero-order valence-corrected chi connectivity index (χ0v) is 18.4. The van der Waals surface area contributed by atoms with Crippen LogP contribution in [-0.2, 0) is 6.42 Å². The Hall–Kier alpha value is -0.890. The number of piperidine rings is 1. The Morgan fingerprint density at radius 1 is 1.32 bits per heavy atom. The zero-order chi connectivity index (χ0) is 17.6. The number of rotatable bonds is 6. The second-order valence-corrected chi connectivity index (χ2v) is 7.86. The summed E-state index contributed by atoms with van der Waals surface area (Å²) in [5, 5.41) is 3.19. The molecule has 1 fully saturated rings. The lowest BCUT2D eigenvalue weighted by atomic mass is 9.88. The summed E-state index contributed by atoms with van der Waals surface area (Å²) in [4.78, 5) is 11.4. The number of aromatic nitrogens is 1. The van der Waals surface area contributed by atoms with E-state index in [1.54, 1.807) is 0 Å². The van der Waals surface area contributed by atoms with E-state index >= 15 is 0 Å². The van der Waals surface area contributed by atoms with Crippen LogP contribution in [0.1, 0.15) is 39.8 Å². The Labute approximate surface area is 169 Å². The molecule has 0 amide bonds. The lowest BCUT2D eigenvalue weighted by Crippen LogP contribution is -2.53. The van der Waals surface area contributed by atoms with E-state index in [-0.39, 0.29) is 29.5 Å². The van der Waals surface area contributed by atoms with Crippen LogP contribution in [0.3, 0.4) is 0 Å². The van der Waals surface area contributed by atoms with E-state index in [9.17, 15) is 0 Å². The largest absolute Gasteiger partial charge is 0.370 e. The number of aliphatic imine (C=N–C) groups is 1. The molecule has 6 heteroatoms. The zero-order valence-electron chi connectivity index (χ0n) is 16.0. The summed E-state index contributed by atoms with van der Waals surface area (Å²) < 4.78 is 0. The Bertz CT molecular complexity index is 522. The number of pyridine rings is 1. The maximum absolute atomic E-state index is 6.03. The molecule has 5 nitrogen and oxygen atoms in total. The van der Waals surface area contributed by atoms with Gasteiger partial charge in [-0.05, 0) is 44.2 Å². The molecule has 2 unspecified atom stereocenters. The molecule has 0 saturated carbocycles. The highest BCUT2D eigenvalue weighted by Gasteiger charge is 2.32. The normalized spacial score (nSPS) is 22.3. The first-order valence-electron chi connectivity index (χ1n) is 9.05. The number of nitrogens with two attached hydrogens (primary N) is 1. The van der Waals surface area contributed by atoms with Crippen LogP contribution in [-0.4, -0.2) is 47.6 Å². The molecule has 0 aliphatic carbocycles. The minimum absolute atomic E-state index is 0. The molecule has 2 heterocycles. The Morgan fingerprint density at radius 2 is 2.00 bits per heavy atom. The van der Waals surface area contributed by atoms with Gasteiger partial charge in [-0.1, -0.05) is 19.9 Å². The first-order valence-corrected chi connectivity index (χ1v) is 9.05. The standard InChI is InChI=1S/C19H33N5.HI/c1-15-11-16(2)13-24(12-15)19(3,4)14-23-18(20)22-10-8-17-7-5-6-9-21-17;/h5-7,9,15-16H,8,10-14H2,1-4H3,(H3,20,22,23);1H. The Kier molecular flexibility index (Phi) is 9.13. The Morgan fingerprint density at radius 3 is 2.60 bits per heavy atom. The highest BCUT2D eigenvalue weighted by Crippen LogP contribution is 2.27. The third kappa shape index (κ3) is 7.48. The molecule has 2 rings (SSSR count). The molecule has 142 valence electrons. The molecule has 0 spiro atoms. The monoisotopic (exact) mass is 459 g/mol. The maximum atomic E-state index is 6.03. The highest BCUT2D eigenvalue weighted by atomic mass is 127. The molecule has 1 saturated heterocycles. The van der Waals surface area contributed by atoms with Gasteiger partial charge in [0.1, 0.15) is 0 Å². The van der Waals surface area contributed by atoms with Gasteiger partial charge in [0.15, 0.2) is 5.96 Å². The second kappa shape index (κ2) is 10.3. The number of hydrogen-bond donors (Lipinski definition) is 2. The summed E-state index contributed by atoms with van der Waals surface area (Å²) in [7, 11) is 0. The predicted octanol–water partition coefficient (Wildman–Crippen LogP) is 2.90. The van der Waals surface area contributed by atoms with Gasteiger partial charge in [-0.15, -0.1) is 24.0 Å². The van der Waals surface area contributed by atoms with Gasteiger partial charge in [0.05, 0.1) is 6.54 Å². The van der Waals surface area contributed by atoms with E-state index in [1.165, 1.54) is 6.42 Å². The molecule has 0 bridgehead atoms. The van der Waals surface area contributed by atoms with Crippen LogP contribution in [0.2, 0.25) is 0 Å². The van der Waals surface area contributed by atoms with Crippen molar-refractivity contribution in [2.75, 3.05) is 26.2 Å². The number of guanidine groups is 1. The van der Waals surface area contributed by atoms with Gasteiger partial charge in [-0.25, -0.2) is 0 Å². The third-order valence-corrected chi connectivity index (χ3v) is 4.77. The molecule has 1 aromatic rings. The van der Waals surface area contributed by atoms with E-state index in [1.807, 2.05) is 24.4 Å². The van der Waals surface area contributed by atoms with Crippen molar-refractivity contribution in [2.45, 2.75) is 46.1 Å². The van der Waals surface area contributed by atoms with Crippen molar-refractivity contribution >= 4 is 29.9 Å². The number of nitrogens with one attached hydrogen (secondary N) is 1. The predicted molar refractivity (Wildman–Crippen MR) is 116 cm³/mol. The lowest BCUT2D eigenvalue weighted by molar-refractivity contribution is 0.0513. The minimum atomic E-state index is 0. The number of likely N-dealkylation sites (tertiary alicyclic amines) is 1. The molecule has 1 aromatic heterocycles. The van der Waals surface area contributed by atoms with Gasteiger partial charge in [0.2, 0.25) is 0 Å². The number of nitrogens with zero attached hydrogens (tertiary/aromatic N) is 3. The first-order chi connectivity index (χ1) is 11.4. The van der Waals surface area contributed by atoms with E-state index < -0.39 is 0 Å². The smallest absolute Gasteiger partial charge is 0.188 e. The summed E-state index contributed by atoms with van der Waals surface area (Å²) in [5.74, 6) is 2.04. The fraction of sp³-hybridized carbons (Fsp3) is 0.684. The Balaban J connectivity index is 0.00000312. The quantitative estimate of drug-likeness (QED) is 0.390. The molecular weight excluding hydrogens is 425 g/mol. The molecule has 0 radical (unpaired) electrons. The fourth-order valence-electron chi connectivity index (χ4n) is 3.46. The van der Waals surface area contributed by atoms with Crippen LogP contribution < -0.4 is 11.1 Å². The van der Waals surface area contributed by atoms with Crippen molar-refractivity contribution in [3.8, 4) is 0 Å². The van der Waals surface area contributed by atoms with Gasteiger partial charge in [-0.3, -0.25) is 14.9 Å². The van der Waals surface area contributed by atoms with E-state index in [2.05, 4.69) is 47.9 Å². The molecule has 3 N–H and O–H groups in total. The fourth-order valence-corrected chi connectivity index (χ4v) is 3.46. The third-order valence-electron chi connectivity index (χ3n) is 4.77. The number of hydrogen-bond acceptors (Lipinski definition) is 3. The average molecular weight is 459 g/mol. The van der Waals surface area contributed by atoms with E-state index in [0.717, 1.165) is 50.1 Å². The van der Waals surface area contributed by atoms with Crippen LogP contribution in [0, 0.1) is 11.8 Å². The van der Waals surface area contributed by atoms with Crippen molar-refractivity contribution in [1.82, 2.24) is 15.2 Å².